The third-order valence-electron chi connectivity index (χ3n) is 2.42. The van der Waals surface area contributed by atoms with E-state index in [-0.39, 0.29) is 5.78 Å². The lowest BCUT2D eigenvalue weighted by molar-refractivity contribution is -0.112. The molecule has 0 saturated carbocycles. The second-order valence-corrected chi connectivity index (χ2v) is 4.92. The number of hydrogen-bond donors (Lipinski definition) is 0. The monoisotopic (exact) mass is 253 g/mol. The van der Waals surface area contributed by atoms with Gasteiger partial charge in [-0.25, -0.2) is 0 Å². The summed E-state index contributed by atoms with van der Waals surface area (Å²) < 4.78 is 0. The van der Waals surface area contributed by atoms with Crippen molar-refractivity contribution in [1.29, 1.82) is 5.26 Å². The Kier molecular flexibility index (Phi) is 3.71. The van der Waals surface area contributed by atoms with E-state index in [2.05, 4.69) is 6.07 Å². The molecule has 3 heteroatoms. The molecule has 1 aromatic heterocycles. The lowest BCUT2D eigenvalue weighted by Crippen LogP contribution is -1.79. The summed E-state index contributed by atoms with van der Waals surface area (Å²) in [5, 5.41) is 9.06. The number of allylic oxidation sites excluding steroid dienone is 1. The number of thiophene rings is 1. The first-order valence-electron chi connectivity index (χ1n) is 5.48. The van der Waals surface area contributed by atoms with Gasteiger partial charge in [-0.15, -0.1) is 11.3 Å². The molecular weight excluding hydrogens is 242 g/mol. The van der Waals surface area contributed by atoms with Crippen molar-refractivity contribution >= 4 is 23.2 Å². The average Bonchev–Trinajstić information content (AvgIpc) is 2.85. The number of nitrogens with zero attached hydrogens (tertiary/aromatic N) is 1. The third-order valence-corrected chi connectivity index (χ3v) is 3.51. The highest BCUT2D eigenvalue weighted by molar-refractivity contribution is 7.16. The molecule has 0 aliphatic heterocycles. The van der Waals surface area contributed by atoms with Gasteiger partial charge in [0.1, 0.15) is 0 Å². The van der Waals surface area contributed by atoms with E-state index in [4.69, 9.17) is 5.26 Å². The van der Waals surface area contributed by atoms with E-state index >= 15 is 0 Å². The summed E-state index contributed by atoms with van der Waals surface area (Å²) in [6, 6.07) is 13.6. The number of carbonyl (C=O) groups excluding carboxylic acids is 1. The van der Waals surface area contributed by atoms with Crippen LogP contribution in [-0.2, 0) is 4.79 Å². The van der Waals surface area contributed by atoms with Crippen LogP contribution >= 0.6 is 11.3 Å². The zero-order valence-corrected chi connectivity index (χ0v) is 10.7. The second-order valence-electron chi connectivity index (χ2n) is 3.80. The molecule has 88 valence electrons. The highest BCUT2D eigenvalue weighted by Gasteiger charge is 2.06. The first-order chi connectivity index (χ1) is 8.70. The molecule has 0 N–H and O–H groups in total. The normalized spacial score (nSPS) is 10.4. The minimum atomic E-state index is 0.0300. The molecule has 0 bridgehead atoms. The summed E-state index contributed by atoms with van der Waals surface area (Å²) in [4.78, 5) is 12.9. The maximum Gasteiger partial charge on any atom is 0.152 e. The molecule has 0 aliphatic rings. The molecule has 2 rings (SSSR count). The van der Waals surface area contributed by atoms with Crippen LogP contribution in [-0.4, -0.2) is 5.78 Å². The van der Waals surface area contributed by atoms with E-state index in [9.17, 15) is 4.79 Å². The largest absolute Gasteiger partial charge is 0.295 e. The lowest BCUT2D eigenvalue weighted by atomic mass is 10.1. The number of nitriles is 1. The summed E-state index contributed by atoms with van der Waals surface area (Å²) in [5.41, 5.74) is 1.61. The molecule has 2 nitrogen and oxygen atoms in total. The minimum absolute atomic E-state index is 0.0300. The number of ketones is 1. The average molecular weight is 253 g/mol. The molecule has 0 radical (unpaired) electrons. The van der Waals surface area contributed by atoms with Crippen LogP contribution in [0.15, 0.2) is 42.5 Å². The molecule has 0 unspecified atom stereocenters. The van der Waals surface area contributed by atoms with Gasteiger partial charge >= 0.3 is 0 Å². The van der Waals surface area contributed by atoms with Gasteiger partial charge in [-0.05, 0) is 37.3 Å². The van der Waals surface area contributed by atoms with Crippen LogP contribution < -0.4 is 0 Å². The Morgan fingerprint density at radius 2 is 2.06 bits per heavy atom. The van der Waals surface area contributed by atoms with Gasteiger partial charge in [0.15, 0.2) is 5.78 Å². The first kappa shape index (κ1) is 12.3. The summed E-state index contributed by atoms with van der Waals surface area (Å²) in [6.45, 7) is 1.52. The van der Waals surface area contributed by atoms with Crippen molar-refractivity contribution in [2.75, 3.05) is 0 Å². The van der Waals surface area contributed by atoms with Gasteiger partial charge in [-0.3, -0.25) is 4.79 Å². The predicted molar refractivity (Wildman–Crippen MR) is 74.2 cm³/mol. The SMILES string of the molecule is CC(=O)/C=C/c1ccc(-c2ccccc2C#N)s1. The molecule has 1 heterocycles. The Morgan fingerprint density at radius 3 is 2.78 bits per heavy atom. The van der Waals surface area contributed by atoms with Crippen LogP contribution in [0.25, 0.3) is 16.5 Å². The molecule has 0 aliphatic carbocycles. The molecule has 18 heavy (non-hydrogen) atoms. The van der Waals surface area contributed by atoms with Crippen LogP contribution in [0, 0.1) is 11.3 Å². The fourth-order valence-corrected chi connectivity index (χ4v) is 2.53. The molecule has 0 atom stereocenters. The maximum atomic E-state index is 10.9. The molecule has 2 aromatic rings. The topological polar surface area (TPSA) is 40.9 Å². The zero-order valence-electron chi connectivity index (χ0n) is 9.88. The van der Waals surface area contributed by atoms with Crippen LogP contribution in [0.3, 0.4) is 0 Å². The van der Waals surface area contributed by atoms with Gasteiger partial charge in [0.2, 0.25) is 0 Å². The van der Waals surface area contributed by atoms with E-state index in [0.717, 1.165) is 15.3 Å². The Balaban J connectivity index is 2.36. The highest BCUT2D eigenvalue weighted by atomic mass is 32.1. The molecule has 0 fully saturated rings. The summed E-state index contributed by atoms with van der Waals surface area (Å²) in [7, 11) is 0. The molecule has 0 saturated heterocycles. The van der Waals surface area contributed by atoms with Crippen molar-refractivity contribution < 1.29 is 4.79 Å². The summed E-state index contributed by atoms with van der Waals surface area (Å²) in [6.07, 6.45) is 3.34. The Labute approximate surface area is 110 Å². The maximum absolute atomic E-state index is 10.9. The minimum Gasteiger partial charge on any atom is -0.295 e. The van der Waals surface area contributed by atoms with Crippen molar-refractivity contribution in [2.45, 2.75) is 6.92 Å². The van der Waals surface area contributed by atoms with E-state index in [1.807, 2.05) is 30.3 Å². The lowest BCUT2D eigenvalue weighted by Gasteiger charge is -1.98. The molecule has 0 amide bonds. The van der Waals surface area contributed by atoms with Gasteiger partial charge in [0.25, 0.3) is 0 Å². The van der Waals surface area contributed by atoms with Crippen molar-refractivity contribution in [3.05, 3.63) is 52.9 Å². The number of benzene rings is 1. The van der Waals surface area contributed by atoms with Gasteiger partial charge in [0, 0.05) is 15.3 Å². The molecular formula is C15H11NOS. The van der Waals surface area contributed by atoms with Crippen molar-refractivity contribution in [1.82, 2.24) is 0 Å². The van der Waals surface area contributed by atoms with Crippen LogP contribution in [0.1, 0.15) is 17.4 Å². The quantitative estimate of drug-likeness (QED) is 0.779. The molecule has 1 aromatic carbocycles. The van der Waals surface area contributed by atoms with Crippen LogP contribution in [0.4, 0.5) is 0 Å². The van der Waals surface area contributed by atoms with Crippen molar-refractivity contribution in [2.24, 2.45) is 0 Å². The molecule has 0 spiro atoms. The smallest absolute Gasteiger partial charge is 0.152 e. The van der Waals surface area contributed by atoms with E-state index < -0.39 is 0 Å². The summed E-state index contributed by atoms with van der Waals surface area (Å²) in [5.74, 6) is 0.0300. The van der Waals surface area contributed by atoms with Crippen LogP contribution in [0.5, 0.6) is 0 Å². The van der Waals surface area contributed by atoms with Gasteiger partial charge in [-0.2, -0.15) is 5.26 Å². The Hall–Kier alpha value is -2.18. The van der Waals surface area contributed by atoms with Crippen molar-refractivity contribution in [3.8, 4) is 16.5 Å². The number of carbonyl (C=O) groups is 1. The first-order valence-corrected chi connectivity index (χ1v) is 6.30. The fraction of sp³-hybridized carbons (Fsp3) is 0.0667. The third kappa shape index (κ3) is 2.73. The highest BCUT2D eigenvalue weighted by Crippen LogP contribution is 2.30. The van der Waals surface area contributed by atoms with Crippen LogP contribution in [0.2, 0.25) is 0 Å². The number of hydrogen-bond acceptors (Lipinski definition) is 3. The number of rotatable bonds is 3. The van der Waals surface area contributed by atoms with Crippen molar-refractivity contribution in [3.63, 3.8) is 0 Å². The van der Waals surface area contributed by atoms with E-state index in [0.29, 0.717) is 5.56 Å². The van der Waals surface area contributed by atoms with Gasteiger partial charge in [0.05, 0.1) is 11.6 Å². The standard InChI is InChI=1S/C15H11NOS/c1-11(17)6-7-13-8-9-15(18-13)14-5-3-2-4-12(14)10-16/h2-9H,1H3/b7-6+. The summed E-state index contributed by atoms with van der Waals surface area (Å²) >= 11 is 1.57. The van der Waals surface area contributed by atoms with Gasteiger partial charge < -0.3 is 0 Å². The van der Waals surface area contributed by atoms with E-state index in [1.54, 1.807) is 29.6 Å². The Morgan fingerprint density at radius 1 is 1.28 bits per heavy atom. The fourth-order valence-electron chi connectivity index (χ4n) is 1.58. The predicted octanol–water partition coefficient (Wildman–Crippen LogP) is 3.89. The zero-order chi connectivity index (χ0) is 13.0. The van der Waals surface area contributed by atoms with E-state index in [1.165, 1.54) is 6.92 Å². The second kappa shape index (κ2) is 5.44. The van der Waals surface area contributed by atoms with Gasteiger partial charge in [-0.1, -0.05) is 18.2 Å². The Bertz CT molecular complexity index is 647.